The third kappa shape index (κ3) is 63.5. The van der Waals surface area contributed by atoms with Crippen molar-refractivity contribution in [3.8, 4) is 0 Å². The summed E-state index contributed by atoms with van der Waals surface area (Å²) in [4.78, 5) is 72.3. The molecule has 0 saturated carbocycles. The SMILES string of the molecule is CCCCCCCCCCCCCCCCCCCCC(=O)O[C@H](COC(=O)CCCCCCCCCCCCCCCCCCC)COP(=O)(O)OC[C@@H](O)COP(=O)(O)OC[C@@H](COC(=O)CCCCCCC)OC(=O)CCCCCCCCC(C)CC. The first-order chi connectivity index (χ1) is 43.6. The smallest absolute Gasteiger partial charge is 0.462 e. The molecule has 0 bridgehead atoms. The van der Waals surface area contributed by atoms with Crippen molar-refractivity contribution in [2.75, 3.05) is 39.6 Å². The van der Waals surface area contributed by atoms with Crippen molar-refractivity contribution in [2.24, 2.45) is 5.92 Å². The number of ether oxygens (including phenoxy) is 4. The first-order valence-corrected chi connectivity index (χ1v) is 40.2. The van der Waals surface area contributed by atoms with E-state index < -0.39 is 97.5 Å². The molecule has 0 fully saturated rings. The molecule has 17 nitrogen and oxygen atoms in total. The Balaban J connectivity index is 5.14. The minimum Gasteiger partial charge on any atom is -0.462 e. The average molecular weight is 1330 g/mol. The van der Waals surface area contributed by atoms with E-state index in [1.807, 2.05) is 0 Å². The number of aliphatic hydroxyl groups is 1. The molecule has 19 heteroatoms. The molecule has 3 N–H and O–H groups in total. The molecule has 0 aromatic heterocycles. The average Bonchev–Trinajstić information content (AvgIpc) is 2.89. The second kappa shape index (κ2) is 64.4. The van der Waals surface area contributed by atoms with Gasteiger partial charge in [-0.2, -0.15) is 0 Å². The van der Waals surface area contributed by atoms with Crippen LogP contribution in [0.25, 0.3) is 0 Å². The van der Waals surface area contributed by atoms with Gasteiger partial charge in [0, 0.05) is 25.7 Å². The van der Waals surface area contributed by atoms with E-state index in [9.17, 15) is 43.2 Å². The zero-order valence-corrected chi connectivity index (χ0v) is 60.1. The van der Waals surface area contributed by atoms with Crippen molar-refractivity contribution in [2.45, 2.75) is 387 Å². The molecule has 0 spiro atoms. The van der Waals surface area contributed by atoms with Crippen molar-refractivity contribution in [1.82, 2.24) is 0 Å². The lowest BCUT2D eigenvalue weighted by molar-refractivity contribution is -0.161. The van der Waals surface area contributed by atoms with Crippen LogP contribution in [-0.2, 0) is 65.4 Å². The summed E-state index contributed by atoms with van der Waals surface area (Å²) < 4.78 is 68.1. The van der Waals surface area contributed by atoms with Crippen molar-refractivity contribution in [1.29, 1.82) is 0 Å². The van der Waals surface area contributed by atoms with Gasteiger partial charge in [-0.1, -0.05) is 317 Å². The van der Waals surface area contributed by atoms with E-state index in [2.05, 4.69) is 34.6 Å². The molecule has 90 heavy (non-hydrogen) atoms. The third-order valence-corrected chi connectivity index (χ3v) is 18.8. The van der Waals surface area contributed by atoms with Crippen LogP contribution in [0.2, 0.25) is 0 Å². The fourth-order valence-electron chi connectivity index (χ4n) is 10.8. The number of carbonyl (C=O) groups excluding carboxylic acids is 4. The highest BCUT2D eigenvalue weighted by Gasteiger charge is 2.30. The maximum absolute atomic E-state index is 13.0. The van der Waals surface area contributed by atoms with E-state index >= 15 is 0 Å². The Kier molecular flexibility index (Phi) is 63.0. The summed E-state index contributed by atoms with van der Waals surface area (Å²) in [7, 11) is -9.89. The molecule has 0 amide bonds. The lowest BCUT2D eigenvalue weighted by atomic mass is 10.00. The van der Waals surface area contributed by atoms with E-state index in [4.69, 9.17) is 37.0 Å². The quantitative estimate of drug-likeness (QED) is 0.0222. The molecule has 0 saturated heterocycles. The van der Waals surface area contributed by atoms with E-state index in [1.54, 1.807) is 0 Å². The van der Waals surface area contributed by atoms with E-state index in [-0.39, 0.29) is 25.7 Å². The molecule has 0 aliphatic heterocycles. The molecule has 0 heterocycles. The first kappa shape index (κ1) is 88.1. The van der Waals surface area contributed by atoms with Crippen LogP contribution < -0.4 is 0 Å². The number of phosphoric ester groups is 2. The lowest BCUT2D eigenvalue weighted by Gasteiger charge is -2.21. The third-order valence-electron chi connectivity index (χ3n) is 16.9. The fourth-order valence-corrected chi connectivity index (χ4v) is 12.4. The molecule has 0 rings (SSSR count). The van der Waals surface area contributed by atoms with Gasteiger partial charge in [-0.15, -0.1) is 0 Å². The van der Waals surface area contributed by atoms with Gasteiger partial charge in [0.25, 0.3) is 0 Å². The number of carbonyl (C=O) groups is 4. The van der Waals surface area contributed by atoms with Gasteiger partial charge < -0.3 is 33.8 Å². The van der Waals surface area contributed by atoms with Gasteiger partial charge in [0.15, 0.2) is 12.2 Å². The second-order valence-electron chi connectivity index (χ2n) is 25.9. The normalized spacial score (nSPS) is 14.4. The fraction of sp³-hybridized carbons (Fsp3) is 0.944. The highest BCUT2D eigenvalue weighted by atomic mass is 31.2. The Morgan fingerprint density at radius 2 is 0.533 bits per heavy atom. The number of hydrogen-bond donors (Lipinski definition) is 3. The summed E-state index contributed by atoms with van der Waals surface area (Å²) in [6.07, 6.45) is 51.9. The van der Waals surface area contributed by atoms with Crippen LogP contribution in [0, 0.1) is 5.92 Å². The number of hydrogen-bond acceptors (Lipinski definition) is 15. The van der Waals surface area contributed by atoms with Gasteiger partial charge in [-0.05, 0) is 31.6 Å². The maximum Gasteiger partial charge on any atom is 0.472 e. The van der Waals surface area contributed by atoms with Crippen LogP contribution in [0.1, 0.15) is 369 Å². The number of phosphoric acid groups is 2. The summed E-state index contributed by atoms with van der Waals surface area (Å²) in [5.41, 5.74) is 0. The minimum atomic E-state index is -4.95. The largest absolute Gasteiger partial charge is 0.472 e. The molecule has 0 aromatic rings. The van der Waals surface area contributed by atoms with Crippen molar-refractivity contribution < 1.29 is 80.2 Å². The summed E-state index contributed by atoms with van der Waals surface area (Å²) in [5, 5.41) is 10.6. The van der Waals surface area contributed by atoms with Gasteiger partial charge in [0.2, 0.25) is 0 Å². The zero-order chi connectivity index (χ0) is 66.3. The van der Waals surface area contributed by atoms with Crippen LogP contribution >= 0.6 is 15.6 Å². The lowest BCUT2D eigenvalue weighted by Crippen LogP contribution is -2.30. The molecular weight excluding hydrogens is 1190 g/mol. The summed E-state index contributed by atoms with van der Waals surface area (Å²) in [6.45, 7) is 7.11. The number of esters is 4. The number of rotatable bonds is 71. The zero-order valence-electron chi connectivity index (χ0n) is 58.3. The summed E-state index contributed by atoms with van der Waals surface area (Å²) in [6, 6.07) is 0. The number of aliphatic hydroxyl groups excluding tert-OH is 1. The van der Waals surface area contributed by atoms with Crippen molar-refractivity contribution >= 4 is 39.5 Å². The van der Waals surface area contributed by atoms with E-state index in [0.29, 0.717) is 25.7 Å². The van der Waals surface area contributed by atoms with Crippen molar-refractivity contribution in [3.63, 3.8) is 0 Å². The van der Waals surface area contributed by atoms with Gasteiger partial charge >= 0.3 is 39.5 Å². The monoisotopic (exact) mass is 1320 g/mol. The van der Waals surface area contributed by atoms with Crippen LogP contribution in [0.4, 0.5) is 0 Å². The van der Waals surface area contributed by atoms with E-state index in [0.717, 1.165) is 102 Å². The second-order valence-corrected chi connectivity index (χ2v) is 28.8. The molecule has 0 aromatic carbocycles. The summed E-state index contributed by atoms with van der Waals surface area (Å²) >= 11 is 0. The van der Waals surface area contributed by atoms with Gasteiger partial charge in [-0.3, -0.25) is 37.3 Å². The van der Waals surface area contributed by atoms with Gasteiger partial charge in [0.1, 0.15) is 19.3 Å². The standard InChI is InChI=1S/C71H138O17P2/c1-6-10-13-16-18-20-22-24-26-28-30-32-34-36-38-40-46-51-56-70(75)87-67(61-82-69(74)55-50-45-39-37-35-33-31-29-27-25-23-21-19-17-14-11-7-2)63-86-90(79,80)84-59-65(72)58-83-89(77,78)85-62-66(60-81-68(73)54-49-43-15-12-8-3)88-71(76)57-52-47-42-41-44-48-53-64(5)9-4/h64-67,72H,6-63H2,1-5H3,(H,77,78)(H,79,80)/t64?,65-,66+,67+/m0/s1. The Morgan fingerprint density at radius 3 is 0.789 bits per heavy atom. The molecule has 0 aliphatic carbocycles. The Morgan fingerprint density at radius 1 is 0.311 bits per heavy atom. The molecule has 534 valence electrons. The van der Waals surface area contributed by atoms with Crippen molar-refractivity contribution in [3.05, 3.63) is 0 Å². The molecule has 6 atom stereocenters. The highest BCUT2D eigenvalue weighted by molar-refractivity contribution is 7.47. The summed E-state index contributed by atoms with van der Waals surface area (Å²) in [5.74, 6) is -1.41. The Hall–Kier alpha value is -1.94. The Bertz CT molecular complexity index is 1740. The minimum absolute atomic E-state index is 0.102. The van der Waals surface area contributed by atoms with Crippen LogP contribution in [0.15, 0.2) is 0 Å². The topological polar surface area (TPSA) is 237 Å². The number of unbranched alkanes of at least 4 members (excludes halogenated alkanes) is 42. The van der Waals surface area contributed by atoms with Crippen LogP contribution in [-0.4, -0.2) is 96.7 Å². The van der Waals surface area contributed by atoms with Crippen LogP contribution in [0.3, 0.4) is 0 Å². The molecule has 0 aliphatic rings. The molecular formula is C71H138O17P2. The first-order valence-electron chi connectivity index (χ1n) is 37.2. The van der Waals surface area contributed by atoms with Gasteiger partial charge in [-0.25, -0.2) is 9.13 Å². The molecule has 3 unspecified atom stereocenters. The van der Waals surface area contributed by atoms with Crippen LogP contribution in [0.5, 0.6) is 0 Å². The van der Waals surface area contributed by atoms with E-state index in [1.165, 1.54) is 186 Å². The molecule has 0 radical (unpaired) electrons. The van der Waals surface area contributed by atoms with Gasteiger partial charge in [0.05, 0.1) is 26.4 Å². The predicted octanol–water partition coefficient (Wildman–Crippen LogP) is 20.5. The maximum atomic E-state index is 13.0. The Labute approximate surface area is 549 Å². The predicted molar refractivity (Wildman–Crippen MR) is 363 cm³/mol. The highest BCUT2D eigenvalue weighted by Crippen LogP contribution is 2.45.